The molecule has 0 aliphatic rings. The third-order valence-corrected chi connectivity index (χ3v) is 2.15. The van der Waals surface area contributed by atoms with Gasteiger partial charge in [0.25, 0.3) is 0 Å². The highest BCUT2D eigenvalue weighted by Crippen LogP contribution is 2.15. The predicted octanol–water partition coefficient (Wildman–Crippen LogP) is 1.64. The number of halogens is 1. The number of hydrogen-bond acceptors (Lipinski definition) is 2. The van der Waals surface area contributed by atoms with E-state index in [-0.39, 0.29) is 6.42 Å². The Morgan fingerprint density at radius 3 is 2.88 bits per heavy atom. The number of aliphatic carboxylic acids is 1. The summed E-state index contributed by atoms with van der Waals surface area (Å²) in [5.74, 6) is -1.44. The molecular weight excluding hydrogens is 211 g/mol. The van der Waals surface area contributed by atoms with Crippen LogP contribution in [0.5, 0.6) is 0 Å². The first-order chi connectivity index (χ1) is 7.66. The highest BCUT2D eigenvalue weighted by Gasteiger charge is 2.07. The van der Waals surface area contributed by atoms with Crippen molar-refractivity contribution < 1.29 is 14.3 Å². The fourth-order valence-corrected chi connectivity index (χ4v) is 1.45. The van der Waals surface area contributed by atoms with Crippen LogP contribution in [0.1, 0.15) is 5.56 Å². The van der Waals surface area contributed by atoms with Gasteiger partial charge in [-0.25, -0.2) is 9.37 Å². The number of hydrogen-bond donors (Lipinski definition) is 1. The maximum Gasteiger partial charge on any atom is 0.307 e. The van der Waals surface area contributed by atoms with E-state index in [1.165, 1.54) is 23.0 Å². The summed E-state index contributed by atoms with van der Waals surface area (Å²) in [5, 5.41) is 8.57. The Kier molecular flexibility index (Phi) is 2.68. The molecule has 0 fully saturated rings. The van der Waals surface area contributed by atoms with Gasteiger partial charge >= 0.3 is 5.97 Å². The molecule has 1 aromatic carbocycles. The largest absolute Gasteiger partial charge is 0.481 e. The van der Waals surface area contributed by atoms with Crippen molar-refractivity contribution in [2.75, 3.05) is 0 Å². The Morgan fingerprint density at radius 1 is 1.50 bits per heavy atom. The van der Waals surface area contributed by atoms with Gasteiger partial charge in [0, 0.05) is 12.4 Å². The number of benzene rings is 1. The molecule has 0 atom stereocenters. The molecule has 0 amide bonds. The number of aromatic nitrogens is 2. The minimum absolute atomic E-state index is 0.179. The van der Waals surface area contributed by atoms with Crippen LogP contribution in [0.15, 0.2) is 36.9 Å². The number of carboxylic acids is 1. The maximum atomic E-state index is 13.6. The van der Waals surface area contributed by atoms with Crippen molar-refractivity contribution in [1.82, 2.24) is 9.55 Å². The van der Waals surface area contributed by atoms with Gasteiger partial charge in [0.05, 0.1) is 18.4 Å². The summed E-state index contributed by atoms with van der Waals surface area (Å²) in [5.41, 5.74) is 0.792. The van der Waals surface area contributed by atoms with Crippen molar-refractivity contribution in [3.8, 4) is 5.69 Å². The Hall–Kier alpha value is -2.17. The molecule has 2 aromatic rings. The van der Waals surface area contributed by atoms with Crippen LogP contribution < -0.4 is 0 Å². The molecule has 0 radical (unpaired) electrons. The second-order valence-electron chi connectivity index (χ2n) is 3.33. The van der Waals surface area contributed by atoms with Crippen LogP contribution in [0, 0.1) is 5.82 Å². The van der Waals surface area contributed by atoms with Crippen molar-refractivity contribution in [2.45, 2.75) is 6.42 Å². The molecule has 4 nitrogen and oxygen atoms in total. The summed E-state index contributed by atoms with van der Waals surface area (Å²) in [6, 6.07) is 4.35. The van der Waals surface area contributed by atoms with Crippen LogP contribution in [0.3, 0.4) is 0 Å². The molecule has 1 N–H and O–H groups in total. The fourth-order valence-electron chi connectivity index (χ4n) is 1.45. The summed E-state index contributed by atoms with van der Waals surface area (Å²) in [6.07, 6.45) is 4.47. The lowest BCUT2D eigenvalue weighted by molar-refractivity contribution is -0.136. The van der Waals surface area contributed by atoms with E-state index < -0.39 is 11.8 Å². The smallest absolute Gasteiger partial charge is 0.307 e. The molecule has 5 heteroatoms. The zero-order chi connectivity index (χ0) is 11.5. The van der Waals surface area contributed by atoms with Gasteiger partial charge in [-0.05, 0) is 17.7 Å². The van der Waals surface area contributed by atoms with E-state index in [9.17, 15) is 9.18 Å². The highest BCUT2D eigenvalue weighted by molar-refractivity contribution is 5.70. The van der Waals surface area contributed by atoms with Crippen molar-refractivity contribution in [3.05, 3.63) is 48.3 Å². The first kappa shape index (κ1) is 10.4. The van der Waals surface area contributed by atoms with Crippen LogP contribution in [-0.2, 0) is 11.2 Å². The monoisotopic (exact) mass is 220 g/mol. The summed E-state index contributed by atoms with van der Waals surface area (Å²) in [6.45, 7) is 0. The average Bonchev–Trinajstić information content (AvgIpc) is 2.69. The summed E-state index contributed by atoms with van der Waals surface area (Å²) >= 11 is 0. The molecular formula is C11H9FN2O2. The Morgan fingerprint density at radius 2 is 2.31 bits per heavy atom. The number of nitrogens with zero attached hydrogens (tertiary/aromatic N) is 2. The zero-order valence-corrected chi connectivity index (χ0v) is 8.30. The van der Waals surface area contributed by atoms with E-state index in [0.29, 0.717) is 11.3 Å². The van der Waals surface area contributed by atoms with Gasteiger partial charge < -0.3 is 9.67 Å². The minimum Gasteiger partial charge on any atom is -0.481 e. The van der Waals surface area contributed by atoms with Crippen LogP contribution in [0.2, 0.25) is 0 Å². The van der Waals surface area contributed by atoms with Gasteiger partial charge in [-0.2, -0.15) is 0 Å². The van der Waals surface area contributed by atoms with Crippen molar-refractivity contribution in [3.63, 3.8) is 0 Å². The third kappa shape index (κ3) is 2.08. The van der Waals surface area contributed by atoms with E-state index in [4.69, 9.17) is 5.11 Å². The minimum atomic E-state index is -0.977. The molecule has 2 rings (SSSR count). The second-order valence-corrected chi connectivity index (χ2v) is 3.33. The Bertz CT molecular complexity index is 509. The van der Waals surface area contributed by atoms with E-state index in [1.807, 2.05) is 0 Å². The second kappa shape index (κ2) is 4.14. The van der Waals surface area contributed by atoms with E-state index in [2.05, 4.69) is 4.98 Å². The normalized spacial score (nSPS) is 10.3. The van der Waals surface area contributed by atoms with Gasteiger partial charge in [0.15, 0.2) is 0 Å². The van der Waals surface area contributed by atoms with Crippen LogP contribution in [0.25, 0.3) is 5.69 Å². The lowest BCUT2D eigenvalue weighted by atomic mass is 10.1. The SMILES string of the molecule is O=C(O)Cc1ccc(-n2ccnc2)c(F)c1. The predicted molar refractivity (Wildman–Crippen MR) is 54.9 cm³/mol. The first-order valence-corrected chi connectivity index (χ1v) is 4.65. The molecule has 1 aromatic heterocycles. The van der Waals surface area contributed by atoms with Crippen molar-refractivity contribution in [1.29, 1.82) is 0 Å². The first-order valence-electron chi connectivity index (χ1n) is 4.65. The van der Waals surface area contributed by atoms with Gasteiger partial charge in [-0.15, -0.1) is 0 Å². The third-order valence-electron chi connectivity index (χ3n) is 2.15. The van der Waals surface area contributed by atoms with Crippen LogP contribution in [0.4, 0.5) is 4.39 Å². The number of carbonyl (C=O) groups is 1. The summed E-state index contributed by atoms with van der Waals surface area (Å²) < 4.78 is 15.1. The maximum absolute atomic E-state index is 13.6. The number of imidazole rings is 1. The van der Waals surface area contributed by atoms with Crippen molar-refractivity contribution in [2.24, 2.45) is 0 Å². The lowest BCUT2D eigenvalue weighted by Gasteiger charge is -2.05. The Balaban J connectivity index is 2.34. The van der Waals surface area contributed by atoms with Crippen LogP contribution >= 0.6 is 0 Å². The van der Waals surface area contributed by atoms with Gasteiger partial charge in [0.1, 0.15) is 5.82 Å². The molecule has 0 unspecified atom stereocenters. The quantitative estimate of drug-likeness (QED) is 0.855. The molecule has 1 heterocycles. The lowest BCUT2D eigenvalue weighted by Crippen LogP contribution is -2.02. The standard InChI is InChI=1S/C11H9FN2O2/c12-9-5-8(6-11(15)16)1-2-10(9)14-4-3-13-7-14/h1-5,7H,6H2,(H,15,16). The van der Waals surface area contributed by atoms with E-state index in [0.717, 1.165) is 0 Å². The zero-order valence-electron chi connectivity index (χ0n) is 8.30. The average molecular weight is 220 g/mol. The number of rotatable bonds is 3. The van der Waals surface area contributed by atoms with E-state index >= 15 is 0 Å². The highest BCUT2D eigenvalue weighted by atomic mass is 19.1. The molecule has 0 aliphatic heterocycles. The Labute approximate surface area is 91.0 Å². The summed E-state index contributed by atoms with van der Waals surface area (Å²) in [4.78, 5) is 14.3. The molecule has 0 bridgehead atoms. The molecule has 82 valence electrons. The topological polar surface area (TPSA) is 55.1 Å². The molecule has 0 saturated heterocycles. The molecule has 16 heavy (non-hydrogen) atoms. The van der Waals surface area contributed by atoms with Gasteiger partial charge in [0.2, 0.25) is 0 Å². The fraction of sp³-hybridized carbons (Fsp3) is 0.0909. The van der Waals surface area contributed by atoms with Gasteiger partial charge in [-0.3, -0.25) is 4.79 Å². The number of carboxylic acid groups (broad SMARTS) is 1. The molecule has 0 saturated carbocycles. The molecule has 0 aliphatic carbocycles. The van der Waals surface area contributed by atoms with E-state index in [1.54, 1.807) is 18.5 Å². The van der Waals surface area contributed by atoms with Crippen LogP contribution in [-0.4, -0.2) is 20.6 Å². The van der Waals surface area contributed by atoms with Gasteiger partial charge in [-0.1, -0.05) is 6.07 Å². The van der Waals surface area contributed by atoms with Crippen molar-refractivity contribution >= 4 is 5.97 Å². The summed E-state index contributed by atoms with van der Waals surface area (Å²) in [7, 11) is 0. The molecule has 0 spiro atoms.